The summed E-state index contributed by atoms with van der Waals surface area (Å²) in [5, 5.41) is 4.06. The number of nitrogens with zero attached hydrogens (tertiary/aromatic N) is 5. The Balaban J connectivity index is 1.24. The number of hydrogen-bond acceptors (Lipinski definition) is 4. The summed E-state index contributed by atoms with van der Waals surface area (Å²) in [6.07, 6.45) is 8.01. The van der Waals surface area contributed by atoms with Gasteiger partial charge in [0.25, 0.3) is 0 Å². The number of carbonyl (C=O) groups is 2. The summed E-state index contributed by atoms with van der Waals surface area (Å²) in [5.41, 5.74) is 2.74. The average molecular weight is 396 g/mol. The van der Waals surface area contributed by atoms with Crippen molar-refractivity contribution in [2.24, 2.45) is 0 Å². The van der Waals surface area contributed by atoms with E-state index in [1.54, 1.807) is 11.0 Å². The van der Waals surface area contributed by atoms with Crippen molar-refractivity contribution in [3.05, 3.63) is 48.0 Å². The highest BCUT2D eigenvalue weighted by Gasteiger charge is 2.28. The third-order valence-corrected chi connectivity index (χ3v) is 6.12. The van der Waals surface area contributed by atoms with Gasteiger partial charge in [-0.25, -0.2) is 4.98 Å². The van der Waals surface area contributed by atoms with Crippen LogP contribution < -0.4 is 0 Å². The molecule has 0 bridgehead atoms. The molecule has 1 aliphatic heterocycles. The fourth-order valence-corrected chi connectivity index (χ4v) is 4.51. The van der Waals surface area contributed by atoms with Crippen LogP contribution >= 0.6 is 0 Å². The van der Waals surface area contributed by atoms with Crippen LogP contribution in [0.2, 0.25) is 0 Å². The molecule has 0 spiro atoms. The monoisotopic (exact) mass is 395 g/mol. The van der Waals surface area contributed by atoms with Crippen molar-refractivity contribution in [2.45, 2.75) is 51.0 Å². The van der Waals surface area contributed by atoms with Gasteiger partial charge in [-0.15, -0.1) is 0 Å². The molecule has 154 valence electrons. The molecule has 7 heteroatoms. The fourth-order valence-electron chi connectivity index (χ4n) is 4.51. The van der Waals surface area contributed by atoms with Crippen LogP contribution in [-0.4, -0.2) is 62.6 Å². The average Bonchev–Trinajstić information content (AvgIpc) is 3.32. The molecule has 1 fully saturated rings. The molecule has 4 rings (SSSR count). The van der Waals surface area contributed by atoms with Crippen LogP contribution in [0.15, 0.2) is 36.9 Å². The van der Waals surface area contributed by atoms with E-state index in [0.717, 1.165) is 38.8 Å². The molecule has 2 amide bonds. The molecular weight excluding hydrogens is 366 g/mol. The Morgan fingerprint density at radius 3 is 2.62 bits per heavy atom. The van der Waals surface area contributed by atoms with E-state index >= 15 is 0 Å². The van der Waals surface area contributed by atoms with Gasteiger partial charge >= 0.3 is 0 Å². The second-order valence-corrected chi connectivity index (χ2v) is 8.02. The van der Waals surface area contributed by atoms with Gasteiger partial charge in [-0.05, 0) is 42.7 Å². The summed E-state index contributed by atoms with van der Waals surface area (Å²) in [4.78, 5) is 33.2. The highest BCUT2D eigenvalue weighted by Crippen LogP contribution is 2.35. The molecule has 1 saturated heterocycles. The van der Waals surface area contributed by atoms with Crippen LogP contribution in [0, 0.1) is 0 Å². The van der Waals surface area contributed by atoms with Gasteiger partial charge in [-0.1, -0.05) is 24.3 Å². The minimum atomic E-state index is 0.170. The van der Waals surface area contributed by atoms with E-state index in [2.05, 4.69) is 34.3 Å². The third kappa shape index (κ3) is 4.83. The molecule has 2 aromatic rings. The van der Waals surface area contributed by atoms with Crippen molar-refractivity contribution in [2.75, 3.05) is 26.2 Å². The number of hydrogen-bond donors (Lipinski definition) is 0. The van der Waals surface area contributed by atoms with E-state index in [9.17, 15) is 9.59 Å². The van der Waals surface area contributed by atoms with Gasteiger partial charge in [0.15, 0.2) is 0 Å². The van der Waals surface area contributed by atoms with Gasteiger partial charge in [0.2, 0.25) is 11.8 Å². The van der Waals surface area contributed by atoms with Crippen molar-refractivity contribution in [3.8, 4) is 0 Å². The molecule has 1 aliphatic carbocycles. The molecule has 7 nitrogen and oxygen atoms in total. The highest BCUT2D eigenvalue weighted by molar-refractivity contribution is 5.78. The summed E-state index contributed by atoms with van der Waals surface area (Å²) < 4.78 is 1.75. The first-order valence-corrected chi connectivity index (χ1v) is 10.7. The normalized spacial score (nSPS) is 19.1. The maximum atomic E-state index is 12.9. The van der Waals surface area contributed by atoms with E-state index < -0.39 is 0 Å². The van der Waals surface area contributed by atoms with Gasteiger partial charge in [0, 0.05) is 45.6 Å². The summed E-state index contributed by atoms with van der Waals surface area (Å²) in [6.45, 7) is 3.46. The van der Waals surface area contributed by atoms with E-state index in [1.165, 1.54) is 17.5 Å². The van der Waals surface area contributed by atoms with Gasteiger partial charge in [-0.2, -0.15) is 5.10 Å². The van der Waals surface area contributed by atoms with Gasteiger partial charge in [-0.3, -0.25) is 14.3 Å². The lowest BCUT2D eigenvalue weighted by atomic mass is 9.97. The molecule has 1 aromatic carbocycles. The lowest BCUT2D eigenvalue weighted by Crippen LogP contribution is -2.37. The smallest absolute Gasteiger partial charge is 0.223 e. The van der Waals surface area contributed by atoms with Crippen molar-refractivity contribution in [1.82, 2.24) is 24.6 Å². The molecule has 0 saturated carbocycles. The van der Waals surface area contributed by atoms with Crippen molar-refractivity contribution < 1.29 is 9.59 Å². The predicted octanol–water partition coefficient (Wildman–Crippen LogP) is 2.24. The number of aromatic nitrogens is 3. The first-order valence-electron chi connectivity index (χ1n) is 10.7. The lowest BCUT2D eigenvalue weighted by molar-refractivity contribution is -0.133. The zero-order valence-electron chi connectivity index (χ0n) is 16.9. The molecule has 1 unspecified atom stereocenters. The number of carbonyl (C=O) groups excluding carboxylic acids is 2. The molecule has 1 aromatic heterocycles. The highest BCUT2D eigenvalue weighted by atomic mass is 16.2. The second-order valence-electron chi connectivity index (χ2n) is 8.02. The van der Waals surface area contributed by atoms with Gasteiger partial charge in [0.05, 0.1) is 0 Å². The Kier molecular flexibility index (Phi) is 6.22. The van der Waals surface area contributed by atoms with Crippen LogP contribution in [-0.2, 0) is 22.6 Å². The van der Waals surface area contributed by atoms with Crippen molar-refractivity contribution in [1.29, 1.82) is 0 Å². The molecule has 2 heterocycles. The molecular formula is C22H29N5O2. The Bertz CT molecular complexity index is 835. The first-order chi connectivity index (χ1) is 14.2. The second kappa shape index (κ2) is 9.20. The standard InChI is InChI=1S/C22H29N5O2/c28-21(7-3-12-27-17-23-16-24-27)25-10-4-11-26(14-13-25)22(29)15-19-9-8-18-5-1-2-6-20(18)19/h1-2,5-6,16-17,19H,3-4,7-15H2. The Hall–Kier alpha value is -2.70. The number of aryl methyl sites for hydroxylation is 2. The number of fused-ring (bicyclic) bond motifs is 1. The Morgan fingerprint density at radius 2 is 1.83 bits per heavy atom. The van der Waals surface area contributed by atoms with E-state index in [0.29, 0.717) is 38.4 Å². The quantitative estimate of drug-likeness (QED) is 0.752. The zero-order chi connectivity index (χ0) is 20.1. The largest absolute Gasteiger partial charge is 0.341 e. The van der Waals surface area contributed by atoms with Crippen LogP contribution in [0.25, 0.3) is 0 Å². The molecule has 0 N–H and O–H groups in total. The SMILES string of the molecule is O=C(CCCn1cncn1)N1CCCN(C(=O)CC2CCc3ccccc32)CC1. The lowest BCUT2D eigenvalue weighted by Gasteiger charge is -2.23. The molecule has 1 atom stereocenters. The van der Waals surface area contributed by atoms with Crippen LogP contribution in [0.5, 0.6) is 0 Å². The van der Waals surface area contributed by atoms with Crippen LogP contribution in [0.4, 0.5) is 0 Å². The summed E-state index contributed by atoms with van der Waals surface area (Å²) in [5.74, 6) is 0.743. The van der Waals surface area contributed by atoms with Gasteiger partial charge < -0.3 is 9.80 Å². The Labute approximate surface area is 171 Å². The third-order valence-electron chi connectivity index (χ3n) is 6.12. The summed E-state index contributed by atoms with van der Waals surface area (Å²) in [7, 11) is 0. The predicted molar refractivity (Wildman–Crippen MR) is 109 cm³/mol. The maximum Gasteiger partial charge on any atom is 0.223 e. The maximum absolute atomic E-state index is 12.9. The Morgan fingerprint density at radius 1 is 1.03 bits per heavy atom. The van der Waals surface area contributed by atoms with E-state index in [-0.39, 0.29) is 11.8 Å². The number of rotatable bonds is 6. The molecule has 0 radical (unpaired) electrons. The van der Waals surface area contributed by atoms with Crippen molar-refractivity contribution in [3.63, 3.8) is 0 Å². The van der Waals surface area contributed by atoms with E-state index in [1.807, 2.05) is 9.80 Å². The molecule has 2 aliphatic rings. The minimum Gasteiger partial charge on any atom is -0.341 e. The topological polar surface area (TPSA) is 71.3 Å². The minimum absolute atomic E-state index is 0.170. The summed E-state index contributed by atoms with van der Waals surface area (Å²) >= 11 is 0. The zero-order valence-corrected chi connectivity index (χ0v) is 16.9. The van der Waals surface area contributed by atoms with Crippen molar-refractivity contribution >= 4 is 11.8 Å². The number of amides is 2. The molecule has 29 heavy (non-hydrogen) atoms. The first kappa shape index (κ1) is 19.6. The van der Waals surface area contributed by atoms with Crippen LogP contribution in [0.3, 0.4) is 0 Å². The van der Waals surface area contributed by atoms with Gasteiger partial charge in [0.1, 0.15) is 12.7 Å². The number of benzene rings is 1. The van der Waals surface area contributed by atoms with Crippen LogP contribution in [0.1, 0.15) is 49.1 Å². The van der Waals surface area contributed by atoms with E-state index in [4.69, 9.17) is 0 Å². The summed E-state index contributed by atoms with van der Waals surface area (Å²) in [6, 6.07) is 8.50. The fraction of sp³-hybridized carbons (Fsp3) is 0.545.